The molecule has 1 aromatic carbocycles. The normalized spacial score (nSPS) is 26.6. The van der Waals surface area contributed by atoms with Crippen molar-refractivity contribution in [1.82, 2.24) is 4.90 Å². The maximum absolute atomic E-state index is 12.5. The van der Waals surface area contributed by atoms with Crippen molar-refractivity contribution in [3.8, 4) is 0 Å². The Morgan fingerprint density at radius 1 is 1.11 bits per heavy atom. The van der Waals surface area contributed by atoms with Crippen molar-refractivity contribution < 1.29 is 9.90 Å². The van der Waals surface area contributed by atoms with E-state index in [1.807, 2.05) is 24.8 Å². The molecule has 2 fully saturated rings. The molecule has 1 saturated heterocycles. The third-order valence-corrected chi connectivity index (χ3v) is 7.17. The van der Waals surface area contributed by atoms with Gasteiger partial charge in [0.05, 0.1) is 6.10 Å². The molecule has 3 atom stereocenters. The third kappa shape index (κ3) is 4.13. The molecule has 4 nitrogen and oxygen atoms in total. The van der Waals surface area contributed by atoms with Gasteiger partial charge < -0.3 is 14.9 Å². The number of hydrogen-bond acceptors (Lipinski definition) is 3. The van der Waals surface area contributed by atoms with Crippen LogP contribution < -0.4 is 4.90 Å². The number of benzene rings is 1. The first kappa shape index (κ1) is 19.9. The molecule has 154 valence electrons. The lowest BCUT2D eigenvalue weighted by Crippen LogP contribution is -2.43. The molecule has 4 rings (SSSR count). The molecule has 4 heteroatoms. The summed E-state index contributed by atoms with van der Waals surface area (Å²) in [6.45, 7) is 7.75. The highest BCUT2D eigenvalue weighted by molar-refractivity contribution is 5.95. The average molecular weight is 385 g/mol. The lowest BCUT2D eigenvalue weighted by Gasteiger charge is -2.42. The van der Waals surface area contributed by atoms with Crippen LogP contribution in [0.1, 0.15) is 69.6 Å². The number of fused-ring (bicyclic) bond motifs is 2. The van der Waals surface area contributed by atoms with Gasteiger partial charge in [0.2, 0.25) is 5.91 Å². The molecule has 2 heterocycles. The fourth-order valence-electron chi connectivity index (χ4n) is 5.56. The molecule has 2 aliphatic heterocycles. The lowest BCUT2D eigenvalue weighted by molar-refractivity contribution is -0.121. The van der Waals surface area contributed by atoms with E-state index in [1.54, 1.807) is 0 Å². The summed E-state index contributed by atoms with van der Waals surface area (Å²) in [6.07, 6.45) is 8.43. The number of amides is 1. The van der Waals surface area contributed by atoms with Crippen molar-refractivity contribution in [2.24, 2.45) is 17.8 Å². The second kappa shape index (κ2) is 8.54. The van der Waals surface area contributed by atoms with Gasteiger partial charge in [0.25, 0.3) is 0 Å². The molecule has 28 heavy (non-hydrogen) atoms. The Bertz CT molecular complexity index is 702. The maximum atomic E-state index is 12.5. The number of aliphatic hydroxyl groups excluding tert-OH is 1. The SMILES string of the molecule is CC(C)C(=O)N1CCCc2cc(C(O)CN3CCC4CCCCC4C3)ccc21. The zero-order valence-corrected chi connectivity index (χ0v) is 17.6. The van der Waals surface area contributed by atoms with E-state index in [4.69, 9.17) is 0 Å². The number of piperidine rings is 1. The number of aliphatic hydroxyl groups is 1. The molecule has 3 unspecified atom stereocenters. The number of β-amino-alcohol motifs (C(OH)–C–C–N with tert-alkyl or cyclic N) is 1. The quantitative estimate of drug-likeness (QED) is 0.847. The van der Waals surface area contributed by atoms with Crippen molar-refractivity contribution >= 4 is 11.6 Å². The third-order valence-electron chi connectivity index (χ3n) is 7.17. The number of likely N-dealkylation sites (tertiary alicyclic amines) is 1. The minimum absolute atomic E-state index is 0.0129. The van der Waals surface area contributed by atoms with Gasteiger partial charge in [0.15, 0.2) is 0 Å². The minimum Gasteiger partial charge on any atom is -0.387 e. The summed E-state index contributed by atoms with van der Waals surface area (Å²) >= 11 is 0. The standard InChI is InChI=1S/C24H36N2O2/c1-17(2)24(28)26-12-5-8-19-14-20(9-10-22(19)26)23(27)16-25-13-11-18-6-3-4-7-21(18)15-25/h9-10,14,17-18,21,23,27H,3-8,11-13,15-16H2,1-2H3. The maximum Gasteiger partial charge on any atom is 0.229 e. The fourth-order valence-corrected chi connectivity index (χ4v) is 5.56. The van der Waals surface area contributed by atoms with Crippen LogP contribution in [0, 0.1) is 17.8 Å². The molecular weight excluding hydrogens is 348 g/mol. The number of anilines is 1. The molecule has 1 amide bonds. The van der Waals surface area contributed by atoms with E-state index in [1.165, 1.54) is 37.7 Å². The van der Waals surface area contributed by atoms with E-state index < -0.39 is 6.10 Å². The van der Waals surface area contributed by atoms with Crippen molar-refractivity contribution in [2.45, 2.75) is 64.9 Å². The van der Waals surface area contributed by atoms with Crippen LogP contribution in [0.15, 0.2) is 18.2 Å². The Labute approximate surface area is 169 Å². The average Bonchev–Trinajstić information content (AvgIpc) is 2.72. The van der Waals surface area contributed by atoms with E-state index in [-0.39, 0.29) is 11.8 Å². The first-order valence-corrected chi connectivity index (χ1v) is 11.4. The van der Waals surface area contributed by atoms with Gasteiger partial charge in [-0.3, -0.25) is 4.79 Å². The molecule has 1 N–H and O–H groups in total. The highest BCUT2D eigenvalue weighted by Crippen LogP contribution is 2.37. The zero-order chi connectivity index (χ0) is 19.7. The molecule has 1 aliphatic carbocycles. The van der Waals surface area contributed by atoms with Gasteiger partial charge in [-0.05, 0) is 61.3 Å². The highest BCUT2D eigenvalue weighted by Gasteiger charge is 2.32. The summed E-state index contributed by atoms with van der Waals surface area (Å²) in [4.78, 5) is 16.9. The Kier molecular flexibility index (Phi) is 6.07. The Hall–Kier alpha value is -1.39. The lowest BCUT2D eigenvalue weighted by atomic mass is 9.75. The fraction of sp³-hybridized carbons (Fsp3) is 0.708. The van der Waals surface area contributed by atoms with Crippen molar-refractivity contribution in [1.29, 1.82) is 0 Å². The largest absolute Gasteiger partial charge is 0.387 e. The molecule has 0 spiro atoms. The molecule has 1 saturated carbocycles. The molecular formula is C24H36N2O2. The first-order valence-electron chi connectivity index (χ1n) is 11.4. The van der Waals surface area contributed by atoms with Crippen LogP contribution in [-0.2, 0) is 11.2 Å². The van der Waals surface area contributed by atoms with Gasteiger partial charge in [-0.15, -0.1) is 0 Å². The van der Waals surface area contributed by atoms with Crippen LogP contribution in [0.2, 0.25) is 0 Å². The highest BCUT2D eigenvalue weighted by atomic mass is 16.3. The minimum atomic E-state index is -0.443. The van der Waals surface area contributed by atoms with Gasteiger partial charge in [-0.2, -0.15) is 0 Å². The Balaban J connectivity index is 1.42. The summed E-state index contributed by atoms with van der Waals surface area (Å²) in [6, 6.07) is 6.23. The van der Waals surface area contributed by atoms with Crippen LogP contribution >= 0.6 is 0 Å². The Morgan fingerprint density at radius 2 is 1.89 bits per heavy atom. The van der Waals surface area contributed by atoms with E-state index >= 15 is 0 Å². The van der Waals surface area contributed by atoms with E-state index in [0.717, 1.165) is 62.1 Å². The van der Waals surface area contributed by atoms with Crippen LogP contribution in [-0.4, -0.2) is 42.1 Å². The van der Waals surface area contributed by atoms with Gasteiger partial charge >= 0.3 is 0 Å². The number of rotatable bonds is 4. The van der Waals surface area contributed by atoms with Crippen LogP contribution in [0.4, 0.5) is 5.69 Å². The van der Waals surface area contributed by atoms with E-state index in [2.05, 4.69) is 17.0 Å². The topological polar surface area (TPSA) is 43.8 Å². The number of carbonyl (C=O) groups excluding carboxylic acids is 1. The van der Waals surface area contributed by atoms with E-state index in [0.29, 0.717) is 0 Å². The molecule has 0 aromatic heterocycles. The molecule has 3 aliphatic rings. The van der Waals surface area contributed by atoms with Crippen LogP contribution in [0.25, 0.3) is 0 Å². The van der Waals surface area contributed by atoms with Gasteiger partial charge in [-0.25, -0.2) is 0 Å². The predicted molar refractivity (Wildman–Crippen MR) is 113 cm³/mol. The number of hydrogen-bond donors (Lipinski definition) is 1. The van der Waals surface area contributed by atoms with Crippen LogP contribution in [0.3, 0.4) is 0 Å². The van der Waals surface area contributed by atoms with E-state index in [9.17, 15) is 9.90 Å². The van der Waals surface area contributed by atoms with Crippen LogP contribution in [0.5, 0.6) is 0 Å². The Morgan fingerprint density at radius 3 is 2.68 bits per heavy atom. The monoisotopic (exact) mass is 384 g/mol. The van der Waals surface area contributed by atoms with Gasteiger partial charge in [0.1, 0.15) is 0 Å². The van der Waals surface area contributed by atoms with Crippen molar-refractivity contribution in [2.75, 3.05) is 31.1 Å². The number of nitrogens with zero attached hydrogens (tertiary/aromatic N) is 2. The summed E-state index contributed by atoms with van der Waals surface area (Å²) in [5.41, 5.74) is 3.26. The van der Waals surface area contributed by atoms with Gasteiger partial charge in [-0.1, -0.05) is 45.2 Å². The molecule has 1 aromatic rings. The molecule has 0 bridgehead atoms. The number of aryl methyl sites for hydroxylation is 1. The smallest absolute Gasteiger partial charge is 0.229 e. The zero-order valence-electron chi connectivity index (χ0n) is 17.6. The summed E-state index contributed by atoms with van der Waals surface area (Å²) < 4.78 is 0. The van der Waals surface area contributed by atoms with Crippen molar-refractivity contribution in [3.05, 3.63) is 29.3 Å². The summed E-state index contributed by atoms with van der Waals surface area (Å²) in [7, 11) is 0. The predicted octanol–water partition coefficient (Wildman–Crippen LogP) is 4.17. The van der Waals surface area contributed by atoms with Gasteiger partial charge in [0, 0.05) is 31.2 Å². The van der Waals surface area contributed by atoms with Crippen molar-refractivity contribution in [3.63, 3.8) is 0 Å². The summed E-state index contributed by atoms with van der Waals surface area (Å²) in [5.74, 6) is 1.98. The number of carbonyl (C=O) groups is 1. The second-order valence-electron chi connectivity index (χ2n) is 9.50. The molecule has 0 radical (unpaired) electrons. The summed E-state index contributed by atoms with van der Waals surface area (Å²) in [5, 5.41) is 10.9. The first-order chi connectivity index (χ1) is 13.5. The second-order valence-corrected chi connectivity index (χ2v) is 9.50.